The number of carbonyl (C=O) groups excluding carboxylic acids is 1. The fourth-order valence-electron chi connectivity index (χ4n) is 1.09. The lowest BCUT2D eigenvalue weighted by atomic mass is 9.94. The first-order valence-electron chi connectivity index (χ1n) is 4.61. The number of rotatable bonds is 4. The van der Waals surface area contributed by atoms with E-state index in [1.807, 2.05) is 32.8 Å². The number of aromatic nitrogens is 1. The molecular weight excluding hydrogens is 212 g/mol. The van der Waals surface area contributed by atoms with E-state index >= 15 is 0 Å². The molecule has 5 heteroatoms. The molecular formula is C10H16N2O2S. The van der Waals surface area contributed by atoms with Gasteiger partial charge in [-0.25, -0.2) is 0 Å². The van der Waals surface area contributed by atoms with Crippen LogP contribution in [0.3, 0.4) is 0 Å². The minimum absolute atomic E-state index is 0.542. The number of methoxy groups -OCH3 is 1. The molecule has 0 aromatic carbocycles. The van der Waals surface area contributed by atoms with Crippen molar-refractivity contribution in [1.82, 2.24) is 4.98 Å². The van der Waals surface area contributed by atoms with Crippen molar-refractivity contribution in [3.63, 3.8) is 0 Å². The van der Waals surface area contributed by atoms with Crippen molar-refractivity contribution in [3.05, 3.63) is 4.88 Å². The largest absolute Gasteiger partial charge is 0.480 e. The third-order valence-corrected chi connectivity index (χ3v) is 3.58. The molecule has 1 rings (SSSR count). The standard InChI is InChI=1S/C10H16N2O2S/c1-10(2,6-13)7-8(14-5)11-9(15-7)12(3)4/h6H,1-5H3. The Bertz CT molecular complexity index is 358. The Kier molecular flexibility index (Phi) is 3.34. The van der Waals surface area contributed by atoms with E-state index in [4.69, 9.17) is 4.74 Å². The fraction of sp³-hybridized carbons (Fsp3) is 0.600. The third-order valence-electron chi connectivity index (χ3n) is 2.04. The minimum atomic E-state index is -0.544. The molecule has 0 saturated carbocycles. The van der Waals surface area contributed by atoms with Crippen LogP contribution in [0.25, 0.3) is 0 Å². The van der Waals surface area contributed by atoms with Crippen LogP contribution in [-0.4, -0.2) is 32.5 Å². The molecule has 0 bridgehead atoms. The van der Waals surface area contributed by atoms with Crippen LogP contribution >= 0.6 is 11.3 Å². The van der Waals surface area contributed by atoms with E-state index in [-0.39, 0.29) is 0 Å². The number of anilines is 1. The Morgan fingerprint density at radius 1 is 1.47 bits per heavy atom. The summed E-state index contributed by atoms with van der Waals surface area (Å²) in [4.78, 5) is 18.1. The number of thiazole rings is 1. The van der Waals surface area contributed by atoms with Crippen molar-refractivity contribution >= 4 is 22.8 Å². The lowest BCUT2D eigenvalue weighted by molar-refractivity contribution is -0.111. The molecule has 0 fully saturated rings. The molecule has 0 atom stereocenters. The van der Waals surface area contributed by atoms with Crippen molar-refractivity contribution in [2.24, 2.45) is 0 Å². The lowest BCUT2D eigenvalue weighted by Crippen LogP contribution is -2.17. The van der Waals surface area contributed by atoms with Gasteiger partial charge in [0, 0.05) is 14.1 Å². The first kappa shape index (κ1) is 12.0. The monoisotopic (exact) mass is 228 g/mol. The molecule has 0 amide bonds. The second-order valence-electron chi connectivity index (χ2n) is 4.07. The molecule has 0 saturated heterocycles. The highest BCUT2D eigenvalue weighted by atomic mass is 32.1. The van der Waals surface area contributed by atoms with Crippen LogP contribution in [-0.2, 0) is 10.2 Å². The number of hydrogen-bond acceptors (Lipinski definition) is 5. The molecule has 0 N–H and O–H groups in total. The molecule has 0 spiro atoms. The van der Waals surface area contributed by atoms with E-state index in [9.17, 15) is 4.79 Å². The van der Waals surface area contributed by atoms with Gasteiger partial charge >= 0.3 is 0 Å². The SMILES string of the molecule is COc1nc(N(C)C)sc1C(C)(C)C=O. The van der Waals surface area contributed by atoms with Crippen LogP contribution in [0.4, 0.5) is 5.13 Å². The van der Waals surface area contributed by atoms with Gasteiger partial charge in [0.1, 0.15) is 6.29 Å². The van der Waals surface area contributed by atoms with Gasteiger partial charge in [0.25, 0.3) is 0 Å². The lowest BCUT2D eigenvalue weighted by Gasteiger charge is -2.14. The van der Waals surface area contributed by atoms with Gasteiger partial charge in [-0.3, -0.25) is 0 Å². The molecule has 1 heterocycles. The summed E-state index contributed by atoms with van der Waals surface area (Å²) in [5.74, 6) is 0.542. The minimum Gasteiger partial charge on any atom is -0.480 e. The second-order valence-corrected chi connectivity index (χ2v) is 5.05. The molecule has 4 nitrogen and oxygen atoms in total. The van der Waals surface area contributed by atoms with E-state index in [0.717, 1.165) is 16.3 Å². The van der Waals surface area contributed by atoms with Crippen LogP contribution < -0.4 is 9.64 Å². The summed E-state index contributed by atoms with van der Waals surface area (Å²) in [6.07, 6.45) is 0.919. The maximum atomic E-state index is 11.0. The number of carbonyl (C=O) groups is 1. The number of nitrogens with zero attached hydrogens (tertiary/aromatic N) is 2. The van der Waals surface area contributed by atoms with E-state index in [1.54, 1.807) is 7.11 Å². The maximum absolute atomic E-state index is 11.0. The van der Waals surface area contributed by atoms with Crippen LogP contribution in [0.5, 0.6) is 5.88 Å². The second kappa shape index (κ2) is 4.18. The van der Waals surface area contributed by atoms with Crippen molar-refractivity contribution < 1.29 is 9.53 Å². The van der Waals surface area contributed by atoms with Crippen LogP contribution in [0.15, 0.2) is 0 Å². The van der Waals surface area contributed by atoms with Crippen molar-refractivity contribution in [2.75, 3.05) is 26.1 Å². The van der Waals surface area contributed by atoms with Crippen LogP contribution in [0, 0.1) is 0 Å². The molecule has 0 unspecified atom stereocenters. The van der Waals surface area contributed by atoms with Gasteiger partial charge in [-0.2, -0.15) is 4.98 Å². The summed E-state index contributed by atoms with van der Waals surface area (Å²) in [6, 6.07) is 0. The van der Waals surface area contributed by atoms with E-state index < -0.39 is 5.41 Å². The predicted octanol–water partition coefficient (Wildman–Crippen LogP) is 1.69. The zero-order valence-electron chi connectivity index (χ0n) is 9.70. The zero-order chi connectivity index (χ0) is 11.6. The summed E-state index contributed by atoms with van der Waals surface area (Å²) >= 11 is 1.48. The van der Waals surface area contributed by atoms with Gasteiger partial charge in [0.2, 0.25) is 5.88 Å². The molecule has 0 aliphatic heterocycles. The van der Waals surface area contributed by atoms with Crippen molar-refractivity contribution in [2.45, 2.75) is 19.3 Å². The first-order chi connectivity index (χ1) is 6.92. The Morgan fingerprint density at radius 2 is 2.07 bits per heavy atom. The number of ether oxygens (including phenoxy) is 1. The van der Waals surface area contributed by atoms with E-state index in [2.05, 4.69) is 4.98 Å². The first-order valence-corrected chi connectivity index (χ1v) is 5.43. The summed E-state index contributed by atoms with van der Waals surface area (Å²) in [5.41, 5.74) is -0.544. The van der Waals surface area contributed by atoms with Gasteiger partial charge in [0.05, 0.1) is 17.4 Å². The Morgan fingerprint density at radius 3 is 2.47 bits per heavy atom. The molecule has 0 radical (unpaired) electrons. The van der Waals surface area contributed by atoms with Gasteiger partial charge in [-0.1, -0.05) is 11.3 Å². The molecule has 1 aromatic heterocycles. The molecule has 15 heavy (non-hydrogen) atoms. The summed E-state index contributed by atoms with van der Waals surface area (Å²) in [5, 5.41) is 0.844. The average Bonchev–Trinajstić information content (AvgIpc) is 2.62. The Hall–Kier alpha value is -1.10. The Balaban J connectivity index is 3.22. The van der Waals surface area contributed by atoms with Gasteiger partial charge in [-0.05, 0) is 13.8 Å². The number of aldehydes is 1. The molecule has 0 aliphatic carbocycles. The zero-order valence-corrected chi connectivity index (χ0v) is 10.5. The number of hydrogen-bond donors (Lipinski definition) is 0. The van der Waals surface area contributed by atoms with Gasteiger partial charge < -0.3 is 14.4 Å². The summed E-state index contributed by atoms with van der Waals surface area (Å²) in [6.45, 7) is 3.71. The summed E-state index contributed by atoms with van der Waals surface area (Å²) in [7, 11) is 5.39. The van der Waals surface area contributed by atoms with Crippen molar-refractivity contribution in [1.29, 1.82) is 0 Å². The van der Waals surface area contributed by atoms with E-state index in [0.29, 0.717) is 5.88 Å². The topological polar surface area (TPSA) is 42.4 Å². The highest BCUT2D eigenvalue weighted by molar-refractivity contribution is 7.16. The normalized spacial score (nSPS) is 11.3. The highest BCUT2D eigenvalue weighted by Gasteiger charge is 2.28. The summed E-state index contributed by atoms with van der Waals surface area (Å²) < 4.78 is 5.18. The average molecular weight is 228 g/mol. The van der Waals surface area contributed by atoms with Gasteiger partial charge in [-0.15, -0.1) is 0 Å². The molecule has 1 aromatic rings. The molecule has 84 valence electrons. The van der Waals surface area contributed by atoms with Gasteiger partial charge in [0.15, 0.2) is 5.13 Å². The van der Waals surface area contributed by atoms with Crippen LogP contribution in [0.1, 0.15) is 18.7 Å². The quantitative estimate of drug-likeness (QED) is 0.736. The smallest absolute Gasteiger partial charge is 0.230 e. The maximum Gasteiger partial charge on any atom is 0.230 e. The fourth-order valence-corrected chi connectivity index (χ4v) is 2.11. The predicted molar refractivity (Wildman–Crippen MR) is 62.1 cm³/mol. The highest BCUT2D eigenvalue weighted by Crippen LogP contribution is 2.38. The van der Waals surface area contributed by atoms with Crippen LogP contribution in [0.2, 0.25) is 0 Å². The van der Waals surface area contributed by atoms with Crippen molar-refractivity contribution in [3.8, 4) is 5.88 Å². The van der Waals surface area contributed by atoms with E-state index in [1.165, 1.54) is 11.3 Å². The third kappa shape index (κ3) is 2.28. The Labute approximate surface area is 93.9 Å². The molecule has 0 aliphatic rings.